The predicted octanol–water partition coefficient (Wildman–Crippen LogP) is 3.76. The molecular formula is C18H19F2N5OS. The smallest absolute Gasteiger partial charge is 0.280 e. The molecule has 1 aliphatic heterocycles. The fourth-order valence-electron chi connectivity index (χ4n) is 3.46. The molecule has 4 heterocycles. The van der Waals surface area contributed by atoms with E-state index in [0.29, 0.717) is 18.8 Å². The summed E-state index contributed by atoms with van der Waals surface area (Å²) in [6.45, 7) is 5.12. The number of fused-ring (bicyclic) bond motifs is 1. The van der Waals surface area contributed by atoms with E-state index in [1.807, 2.05) is 19.9 Å². The van der Waals surface area contributed by atoms with E-state index in [1.165, 1.54) is 23.7 Å². The zero-order valence-corrected chi connectivity index (χ0v) is 15.8. The average Bonchev–Trinajstić information content (AvgIpc) is 3.26. The van der Waals surface area contributed by atoms with Crippen LogP contribution in [0.1, 0.15) is 56.7 Å². The minimum Gasteiger partial charge on any atom is -0.337 e. The quantitative estimate of drug-likeness (QED) is 0.682. The van der Waals surface area contributed by atoms with E-state index in [-0.39, 0.29) is 23.3 Å². The molecule has 1 amide bonds. The molecule has 0 saturated carbocycles. The van der Waals surface area contributed by atoms with Crippen LogP contribution in [0.15, 0.2) is 18.5 Å². The Balaban J connectivity index is 1.61. The molecule has 1 aliphatic rings. The molecule has 1 atom stereocenters. The highest BCUT2D eigenvalue weighted by atomic mass is 32.1. The largest absolute Gasteiger partial charge is 0.337 e. The summed E-state index contributed by atoms with van der Waals surface area (Å²) in [5.74, 6) is 0.0679. The maximum Gasteiger partial charge on any atom is 0.280 e. The molecular weight excluding hydrogens is 372 g/mol. The van der Waals surface area contributed by atoms with Gasteiger partial charge in [0.2, 0.25) is 0 Å². The molecule has 6 nitrogen and oxygen atoms in total. The normalized spacial score (nSPS) is 17.8. The Kier molecular flexibility index (Phi) is 4.63. The lowest BCUT2D eigenvalue weighted by Crippen LogP contribution is -2.39. The predicted molar refractivity (Wildman–Crippen MR) is 97.4 cm³/mol. The highest BCUT2D eigenvalue weighted by molar-refractivity contribution is 7.14. The van der Waals surface area contributed by atoms with E-state index in [9.17, 15) is 13.6 Å². The third-order valence-corrected chi connectivity index (χ3v) is 6.17. The first kappa shape index (κ1) is 18.0. The molecule has 0 bridgehead atoms. The van der Waals surface area contributed by atoms with Gasteiger partial charge >= 0.3 is 0 Å². The summed E-state index contributed by atoms with van der Waals surface area (Å²) < 4.78 is 27.9. The van der Waals surface area contributed by atoms with Crippen molar-refractivity contribution in [3.63, 3.8) is 0 Å². The Bertz CT molecular complexity index is 979. The van der Waals surface area contributed by atoms with Crippen LogP contribution in [0, 0.1) is 13.8 Å². The molecule has 0 aliphatic carbocycles. The number of carbonyl (C=O) groups excluding carboxylic acids is 1. The molecule has 3 aromatic rings. The van der Waals surface area contributed by atoms with Crippen molar-refractivity contribution in [3.8, 4) is 0 Å². The van der Waals surface area contributed by atoms with Crippen molar-refractivity contribution in [1.82, 2.24) is 24.5 Å². The second-order valence-electron chi connectivity index (χ2n) is 6.82. The molecule has 3 aromatic heterocycles. The van der Waals surface area contributed by atoms with Gasteiger partial charge < -0.3 is 4.90 Å². The molecule has 0 radical (unpaired) electrons. The number of aryl methyl sites for hydroxylation is 2. The number of likely N-dealkylation sites (tertiary alicyclic amines) is 1. The van der Waals surface area contributed by atoms with Gasteiger partial charge in [-0.1, -0.05) is 0 Å². The van der Waals surface area contributed by atoms with Crippen LogP contribution in [0.4, 0.5) is 8.78 Å². The van der Waals surface area contributed by atoms with Gasteiger partial charge in [0.05, 0.1) is 10.6 Å². The third kappa shape index (κ3) is 3.31. The van der Waals surface area contributed by atoms with E-state index >= 15 is 0 Å². The van der Waals surface area contributed by atoms with Gasteiger partial charge in [-0.15, -0.1) is 11.3 Å². The van der Waals surface area contributed by atoms with Gasteiger partial charge in [-0.2, -0.15) is 14.6 Å². The number of hydrogen-bond acceptors (Lipinski definition) is 5. The summed E-state index contributed by atoms with van der Waals surface area (Å²) in [7, 11) is 0. The van der Waals surface area contributed by atoms with Crippen LogP contribution in [-0.2, 0) is 0 Å². The lowest BCUT2D eigenvalue weighted by atomic mass is 9.94. The monoisotopic (exact) mass is 391 g/mol. The topological polar surface area (TPSA) is 63.4 Å². The van der Waals surface area contributed by atoms with Crippen molar-refractivity contribution < 1.29 is 13.6 Å². The van der Waals surface area contributed by atoms with Gasteiger partial charge in [0, 0.05) is 23.9 Å². The van der Waals surface area contributed by atoms with Gasteiger partial charge in [-0.3, -0.25) is 4.79 Å². The number of aromatic nitrogens is 4. The van der Waals surface area contributed by atoms with Gasteiger partial charge in [0.25, 0.3) is 18.1 Å². The van der Waals surface area contributed by atoms with Crippen LogP contribution in [0.3, 0.4) is 0 Å². The van der Waals surface area contributed by atoms with E-state index in [1.54, 1.807) is 4.90 Å². The van der Waals surface area contributed by atoms with Gasteiger partial charge in [-0.25, -0.2) is 13.8 Å². The maximum absolute atomic E-state index is 13.4. The lowest BCUT2D eigenvalue weighted by Gasteiger charge is -2.32. The maximum atomic E-state index is 13.4. The molecule has 1 fully saturated rings. The number of nitrogens with zero attached hydrogens (tertiary/aromatic N) is 5. The average molecular weight is 391 g/mol. The Hall–Kier alpha value is -2.42. The summed E-state index contributed by atoms with van der Waals surface area (Å²) in [5, 5.41) is 3.82. The number of carbonyl (C=O) groups is 1. The number of alkyl halides is 2. The molecule has 27 heavy (non-hydrogen) atoms. The first-order valence-electron chi connectivity index (χ1n) is 8.79. The van der Waals surface area contributed by atoms with Crippen molar-refractivity contribution in [2.45, 2.75) is 39.0 Å². The molecule has 0 N–H and O–H groups in total. The van der Waals surface area contributed by atoms with Gasteiger partial charge in [-0.05, 0) is 44.4 Å². The lowest BCUT2D eigenvalue weighted by molar-refractivity contribution is 0.0710. The van der Waals surface area contributed by atoms with E-state index in [4.69, 9.17) is 0 Å². The van der Waals surface area contributed by atoms with E-state index < -0.39 is 6.43 Å². The first-order chi connectivity index (χ1) is 12.9. The SMILES string of the molecule is Cc1cc(C(=O)N2CCC[C@H](c3cc(C(F)F)n4ncnc4n3)C2)sc1C. The Labute approximate surface area is 158 Å². The van der Waals surface area contributed by atoms with Gasteiger partial charge in [0.15, 0.2) is 0 Å². The zero-order chi connectivity index (χ0) is 19.1. The molecule has 142 valence electrons. The number of halogens is 2. The molecule has 0 spiro atoms. The number of piperidine rings is 1. The Morgan fingerprint density at radius 2 is 2.15 bits per heavy atom. The number of thiophene rings is 1. The summed E-state index contributed by atoms with van der Waals surface area (Å²) in [5.41, 5.74) is 1.43. The summed E-state index contributed by atoms with van der Waals surface area (Å²) >= 11 is 1.49. The van der Waals surface area contributed by atoms with E-state index in [2.05, 4.69) is 15.1 Å². The van der Waals surface area contributed by atoms with Crippen LogP contribution in [0.5, 0.6) is 0 Å². The minimum atomic E-state index is -2.67. The minimum absolute atomic E-state index is 0.00135. The number of hydrogen-bond donors (Lipinski definition) is 0. The van der Waals surface area contributed by atoms with Gasteiger partial charge in [0.1, 0.15) is 12.0 Å². The summed E-state index contributed by atoms with van der Waals surface area (Å²) in [6.07, 6.45) is 0.153. The van der Waals surface area contributed by atoms with Crippen LogP contribution in [0.25, 0.3) is 5.78 Å². The zero-order valence-electron chi connectivity index (χ0n) is 15.0. The third-order valence-electron chi connectivity index (χ3n) is 5.03. The van der Waals surface area contributed by atoms with E-state index in [0.717, 1.165) is 32.7 Å². The van der Waals surface area contributed by atoms with Crippen molar-refractivity contribution >= 4 is 23.0 Å². The van der Waals surface area contributed by atoms with Crippen LogP contribution >= 0.6 is 11.3 Å². The fraction of sp³-hybridized carbons (Fsp3) is 0.444. The fourth-order valence-corrected chi connectivity index (χ4v) is 4.46. The second-order valence-corrected chi connectivity index (χ2v) is 8.07. The highest BCUT2D eigenvalue weighted by Gasteiger charge is 2.29. The van der Waals surface area contributed by atoms with Crippen molar-refractivity contribution in [2.24, 2.45) is 0 Å². The van der Waals surface area contributed by atoms with Crippen molar-refractivity contribution in [3.05, 3.63) is 45.2 Å². The van der Waals surface area contributed by atoms with Crippen LogP contribution in [-0.4, -0.2) is 43.5 Å². The van der Waals surface area contributed by atoms with Crippen LogP contribution < -0.4 is 0 Å². The summed E-state index contributed by atoms with van der Waals surface area (Å²) in [4.78, 5) is 24.9. The standard InChI is InChI=1S/C18H19F2N5OS/c1-10-6-15(27-11(10)2)17(26)24-5-3-4-12(8-24)13-7-14(16(19)20)25-18(23-13)21-9-22-25/h6-7,9,12,16H,3-5,8H2,1-2H3/t12-/m0/s1. The molecule has 1 saturated heterocycles. The van der Waals surface area contributed by atoms with Crippen molar-refractivity contribution in [1.29, 1.82) is 0 Å². The highest BCUT2D eigenvalue weighted by Crippen LogP contribution is 2.31. The Morgan fingerprint density at radius 1 is 1.33 bits per heavy atom. The second kappa shape index (κ2) is 6.95. The van der Waals surface area contributed by atoms with Crippen molar-refractivity contribution in [2.75, 3.05) is 13.1 Å². The number of rotatable bonds is 3. The molecule has 9 heteroatoms. The summed E-state index contributed by atoms with van der Waals surface area (Å²) in [6, 6.07) is 3.31. The molecule has 4 rings (SSSR count). The first-order valence-corrected chi connectivity index (χ1v) is 9.60. The molecule has 0 unspecified atom stereocenters. The Morgan fingerprint density at radius 3 is 2.85 bits per heavy atom. The van der Waals surface area contributed by atoms with Crippen LogP contribution in [0.2, 0.25) is 0 Å². The molecule has 0 aromatic carbocycles. The number of amides is 1.